The summed E-state index contributed by atoms with van der Waals surface area (Å²) in [4.78, 5) is 42.2. The summed E-state index contributed by atoms with van der Waals surface area (Å²) in [7, 11) is 0. The first kappa shape index (κ1) is 41.7. The van der Waals surface area contributed by atoms with Crippen LogP contribution in [0.15, 0.2) is 66.9 Å². The molecule has 1 atom stereocenters. The van der Waals surface area contributed by atoms with Crippen molar-refractivity contribution < 1.29 is 55.7 Å². The predicted octanol–water partition coefficient (Wildman–Crippen LogP) is 6.45. The van der Waals surface area contributed by atoms with Crippen molar-refractivity contribution in [1.82, 2.24) is 19.7 Å². The van der Waals surface area contributed by atoms with Gasteiger partial charge >= 0.3 is 24.3 Å². The number of pyridine rings is 1. The summed E-state index contributed by atoms with van der Waals surface area (Å²) < 4.78 is 70.0. The number of aliphatic carboxylic acids is 2. The number of amides is 1. The van der Waals surface area contributed by atoms with Crippen LogP contribution in [-0.2, 0) is 22.6 Å². The van der Waals surface area contributed by atoms with E-state index >= 15 is 0 Å². The van der Waals surface area contributed by atoms with E-state index in [0.717, 1.165) is 56.2 Å². The maximum atomic E-state index is 13.0. The van der Waals surface area contributed by atoms with Crippen molar-refractivity contribution >= 4 is 17.8 Å². The average Bonchev–Trinajstić information content (AvgIpc) is 3.41. The minimum absolute atomic E-state index is 0.0634. The van der Waals surface area contributed by atoms with Crippen LogP contribution in [0, 0.1) is 0 Å². The molecule has 1 fully saturated rings. The summed E-state index contributed by atoms with van der Waals surface area (Å²) in [5.74, 6) is -4.39. The molecule has 0 radical (unpaired) electrons. The molecule has 1 saturated heterocycles. The van der Waals surface area contributed by atoms with Crippen LogP contribution in [0.1, 0.15) is 66.5 Å². The highest BCUT2D eigenvalue weighted by Gasteiger charge is 2.39. The quantitative estimate of drug-likeness (QED) is 0.251. The SMILES string of the molecule is CCN(CC)C(=O)c1ccc(C(c2cccc3c2OC(C)(C)C3)N2CCN(Cc3ccccn3)CC2)cc1.O=C(O)C(F)(F)F.O=C(O)C(F)(F)F. The Balaban J connectivity index is 0.000000441. The van der Waals surface area contributed by atoms with Crippen LogP contribution in [0.2, 0.25) is 0 Å². The number of halogens is 6. The maximum absolute atomic E-state index is 13.0. The molecule has 1 unspecified atom stereocenters. The third-order valence-electron chi connectivity index (χ3n) is 8.31. The minimum Gasteiger partial charge on any atom is -0.487 e. The zero-order valence-electron chi connectivity index (χ0n) is 29.2. The van der Waals surface area contributed by atoms with Gasteiger partial charge in [0.2, 0.25) is 0 Å². The Labute approximate surface area is 297 Å². The van der Waals surface area contributed by atoms with Gasteiger partial charge in [0.1, 0.15) is 11.4 Å². The normalized spacial score (nSPS) is 16.2. The number of nitrogens with zero attached hydrogens (tertiary/aromatic N) is 4. The van der Waals surface area contributed by atoms with Crippen molar-refractivity contribution in [2.45, 2.75) is 64.7 Å². The van der Waals surface area contributed by atoms with E-state index in [-0.39, 0.29) is 17.6 Å². The van der Waals surface area contributed by atoms with Gasteiger partial charge in [-0.2, -0.15) is 26.3 Å². The molecule has 284 valence electrons. The van der Waals surface area contributed by atoms with Crippen molar-refractivity contribution in [3.8, 4) is 5.75 Å². The van der Waals surface area contributed by atoms with Crippen LogP contribution < -0.4 is 4.74 Å². The third kappa shape index (κ3) is 11.7. The summed E-state index contributed by atoms with van der Waals surface area (Å²) >= 11 is 0. The number of ether oxygens (including phenoxy) is 1. The molecule has 1 amide bonds. The number of aromatic nitrogens is 1. The Hall–Kier alpha value is -4.70. The van der Waals surface area contributed by atoms with E-state index in [2.05, 4.69) is 71.1 Å². The van der Waals surface area contributed by atoms with Gasteiger partial charge < -0.3 is 19.8 Å². The van der Waals surface area contributed by atoms with Crippen LogP contribution in [0.3, 0.4) is 0 Å². The monoisotopic (exact) mass is 740 g/mol. The van der Waals surface area contributed by atoms with Crippen molar-refractivity contribution in [2.75, 3.05) is 39.3 Å². The summed E-state index contributed by atoms with van der Waals surface area (Å²) in [6.07, 6.45) is -7.38. The van der Waals surface area contributed by atoms with Crippen LogP contribution >= 0.6 is 0 Å². The molecule has 2 N–H and O–H groups in total. The molecule has 0 aliphatic carbocycles. The molecule has 1 aromatic heterocycles. The van der Waals surface area contributed by atoms with Gasteiger partial charge in [0.25, 0.3) is 5.91 Å². The van der Waals surface area contributed by atoms with Crippen LogP contribution in [0.25, 0.3) is 0 Å². The van der Waals surface area contributed by atoms with Crippen LogP contribution in [0.4, 0.5) is 26.3 Å². The maximum Gasteiger partial charge on any atom is 0.490 e. The standard InChI is InChI=1S/C32H40N4O2.2C2HF3O2/c1-5-35(6-2)31(37)25-15-13-24(14-16-25)29(28-12-9-10-26-22-32(3,4)38-30(26)28)36-20-18-34(19-21-36)23-27-11-7-8-17-33-27;2*3-2(4,5)1(6)7/h7-17,29H,5-6,18-23H2,1-4H3;2*(H,6,7). The lowest BCUT2D eigenvalue weighted by Gasteiger charge is -2.40. The molecular weight excluding hydrogens is 698 g/mol. The molecule has 2 aromatic carbocycles. The van der Waals surface area contributed by atoms with E-state index in [4.69, 9.17) is 24.5 Å². The van der Waals surface area contributed by atoms with Gasteiger partial charge in [0.15, 0.2) is 0 Å². The van der Waals surface area contributed by atoms with Gasteiger partial charge in [-0.1, -0.05) is 36.4 Å². The minimum atomic E-state index is -5.08. The number of carboxylic acids is 2. The fraction of sp³-hybridized carbons (Fsp3) is 0.444. The second kappa shape index (κ2) is 17.7. The van der Waals surface area contributed by atoms with Gasteiger partial charge in [-0.25, -0.2) is 9.59 Å². The highest BCUT2D eigenvalue weighted by atomic mass is 19.4. The first-order valence-electron chi connectivity index (χ1n) is 16.4. The molecule has 16 heteroatoms. The van der Waals surface area contributed by atoms with Gasteiger partial charge in [0, 0.05) is 69.6 Å². The number of alkyl halides is 6. The molecule has 52 heavy (non-hydrogen) atoms. The summed E-state index contributed by atoms with van der Waals surface area (Å²) in [5, 5.41) is 14.2. The van der Waals surface area contributed by atoms with E-state index < -0.39 is 24.3 Å². The lowest BCUT2D eigenvalue weighted by Crippen LogP contribution is -2.47. The van der Waals surface area contributed by atoms with Gasteiger partial charge in [0.05, 0.1) is 11.7 Å². The number of hydrogen-bond donors (Lipinski definition) is 2. The molecule has 3 aromatic rings. The Kier molecular flexibility index (Phi) is 14.2. The number of fused-ring (bicyclic) bond motifs is 1. The molecule has 2 aliphatic rings. The fourth-order valence-electron chi connectivity index (χ4n) is 5.84. The number of benzene rings is 2. The molecule has 0 spiro atoms. The van der Waals surface area contributed by atoms with Crippen molar-refractivity contribution in [3.63, 3.8) is 0 Å². The number of piperazine rings is 1. The zero-order chi connectivity index (χ0) is 38.9. The van der Waals surface area contributed by atoms with Crippen molar-refractivity contribution in [1.29, 1.82) is 0 Å². The summed E-state index contributed by atoms with van der Waals surface area (Å²) in [6, 6.07) is 21.0. The molecule has 0 saturated carbocycles. The molecule has 2 aliphatic heterocycles. The van der Waals surface area contributed by atoms with Crippen molar-refractivity contribution in [2.24, 2.45) is 0 Å². The topological polar surface area (TPSA) is 124 Å². The Morgan fingerprint density at radius 2 is 1.40 bits per heavy atom. The van der Waals surface area contributed by atoms with Crippen LogP contribution in [0.5, 0.6) is 5.75 Å². The van der Waals surface area contributed by atoms with Gasteiger partial charge in [-0.15, -0.1) is 0 Å². The van der Waals surface area contributed by atoms with E-state index in [1.165, 1.54) is 16.7 Å². The molecule has 3 heterocycles. The molecule has 5 rings (SSSR count). The van der Waals surface area contributed by atoms with Gasteiger partial charge in [-0.05, 0) is 63.1 Å². The number of hydrogen-bond acceptors (Lipinski definition) is 7. The number of rotatable bonds is 8. The largest absolute Gasteiger partial charge is 0.490 e. The van der Waals surface area contributed by atoms with Crippen LogP contribution in [-0.4, -0.2) is 105 Å². The smallest absolute Gasteiger partial charge is 0.487 e. The Morgan fingerprint density at radius 3 is 1.88 bits per heavy atom. The first-order valence-corrected chi connectivity index (χ1v) is 16.4. The van der Waals surface area contributed by atoms with E-state index in [9.17, 15) is 31.1 Å². The van der Waals surface area contributed by atoms with E-state index in [0.29, 0.717) is 13.1 Å². The number of para-hydroxylation sites is 1. The van der Waals surface area contributed by atoms with Crippen molar-refractivity contribution in [3.05, 3.63) is 94.8 Å². The lowest BCUT2D eigenvalue weighted by molar-refractivity contribution is -0.193. The predicted molar refractivity (Wildman–Crippen MR) is 179 cm³/mol. The number of carboxylic acid groups (broad SMARTS) is 2. The average molecular weight is 741 g/mol. The number of carbonyl (C=O) groups excluding carboxylic acids is 1. The summed E-state index contributed by atoms with van der Waals surface area (Å²) in [6.45, 7) is 14.5. The molecule has 0 bridgehead atoms. The van der Waals surface area contributed by atoms with E-state index in [1.807, 2.05) is 43.1 Å². The van der Waals surface area contributed by atoms with Gasteiger partial charge in [-0.3, -0.25) is 19.6 Å². The highest BCUT2D eigenvalue weighted by Crippen LogP contribution is 2.43. The Bertz CT molecular complexity index is 1620. The molecule has 10 nitrogen and oxygen atoms in total. The zero-order valence-corrected chi connectivity index (χ0v) is 29.2. The molecular formula is C36H42F6N4O6. The Morgan fingerprint density at radius 1 is 0.846 bits per heavy atom. The highest BCUT2D eigenvalue weighted by molar-refractivity contribution is 5.94. The number of carbonyl (C=O) groups is 3. The first-order chi connectivity index (χ1) is 24.3. The fourth-order valence-corrected chi connectivity index (χ4v) is 5.84. The van der Waals surface area contributed by atoms with E-state index in [1.54, 1.807) is 0 Å². The second-order valence-electron chi connectivity index (χ2n) is 12.6. The second-order valence-corrected chi connectivity index (χ2v) is 12.6. The summed E-state index contributed by atoms with van der Waals surface area (Å²) in [5.41, 5.74) is 5.34. The lowest BCUT2D eigenvalue weighted by atomic mass is 9.92. The third-order valence-corrected chi connectivity index (χ3v) is 8.31.